The topological polar surface area (TPSA) is 3.24 Å². The molecule has 0 aromatic heterocycles. The fraction of sp³-hybridized carbons (Fsp3) is 0.0870. The van der Waals surface area contributed by atoms with E-state index in [0.717, 1.165) is 0 Å². The van der Waals surface area contributed by atoms with E-state index in [4.69, 9.17) is 0 Å². The highest BCUT2D eigenvalue weighted by Gasteiger charge is 2.39. The zero-order chi connectivity index (χ0) is 35.9. The molecule has 0 unspecified atom stereocenters. The minimum atomic E-state index is -1.95. The van der Waals surface area contributed by atoms with Gasteiger partial charge in [-0.3, -0.25) is 0 Å². The first-order valence-electron chi connectivity index (χ1n) is 18.1. The molecule has 1 nitrogen and oxygen atoms in total. The van der Waals surface area contributed by atoms with Crippen LogP contribution >= 0.6 is 47.0 Å². The van der Waals surface area contributed by atoms with Crippen LogP contribution in [0.5, 0.6) is 0 Å². The maximum Gasteiger partial charge on any atom is 0.115 e. The highest BCUT2D eigenvalue weighted by molar-refractivity contribution is 8.05. The molecule has 258 valence electrons. The molecule has 0 spiro atoms. The van der Waals surface area contributed by atoms with Crippen molar-refractivity contribution in [2.45, 2.75) is 65.4 Å². The lowest BCUT2D eigenvalue weighted by molar-refractivity contribution is 1.16. The van der Waals surface area contributed by atoms with Gasteiger partial charge in [0, 0.05) is 44.9 Å². The van der Waals surface area contributed by atoms with Crippen LogP contribution in [0.25, 0.3) is 11.1 Å². The average Bonchev–Trinajstić information content (AvgIpc) is 3.18. The Morgan fingerprint density at radius 1 is 0.358 bits per heavy atom. The standard InChI is InChI=1S/C46H37NS4Si2/c1-52(2)40-22-9-7-19-37(40)50-45-33(15-12-24-42(45)52)47(34-16-13-25-43-46(34)51-38-20-8-10-23-41(38)53(43,3)4)31-28-26-30(27-29-31)32-14-11-21-39-44(32)49-36-18-6-5-17-35(36)48-39/h5-29H,1-4H3. The predicted molar refractivity (Wildman–Crippen MR) is 236 cm³/mol. The van der Waals surface area contributed by atoms with Gasteiger partial charge in [-0.25, -0.2) is 0 Å². The second kappa shape index (κ2) is 12.9. The summed E-state index contributed by atoms with van der Waals surface area (Å²) >= 11 is 7.69. The van der Waals surface area contributed by atoms with Gasteiger partial charge < -0.3 is 4.90 Å². The van der Waals surface area contributed by atoms with Gasteiger partial charge in [-0.05, 0) is 86.5 Å². The Morgan fingerprint density at radius 3 is 1.36 bits per heavy atom. The lowest BCUT2D eigenvalue weighted by Crippen LogP contribution is -2.56. The van der Waals surface area contributed by atoms with Crippen molar-refractivity contribution in [2.24, 2.45) is 0 Å². The minimum absolute atomic E-state index is 1.19. The molecule has 0 atom stereocenters. The molecule has 0 N–H and O–H groups in total. The molecule has 0 bridgehead atoms. The van der Waals surface area contributed by atoms with E-state index in [9.17, 15) is 0 Å². The van der Waals surface area contributed by atoms with Crippen molar-refractivity contribution in [1.82, 2.24) is 0 Å². The molecule has 3 heterocycles. The van der Waals surface area contributed by atoms with E-state index < -0.39 is 16.1 Å². The zero-order valence-electron chi connectivity index (χ0n) is 30.0. The average molecular weight is 788 g/mol. The molecule has 0 saturated carbocycles. The van der Waals surface area contributed by atoms with Gasteiger partial charge in [-0.1, -0.05) is 170 Å². The van der Waals surface area contributed by atoms with E-state index in [1.54, 1.807) is 0 Å². The highest BCUT2D eigenvalue weighted by atomic mass is 32.2. The van der Waals surface area contributed by atoms with Crippen LogP contribution in [0.4, 0.5) is 17.1 Å². The maximum absolute atomic E-state index is 2.58. The van der Waals surface area contributed by atoms with E-state index in [1.807, 2.05) is 47.0 Å². The maximum atomic E-state index is 2.58. The molecule has 0 radical (unpaired) electrons. The first-order chi connectivity index (χ1) is 25.8. The van der Waals surface area contributed by atoms with E-state index in [-0.39, 0.29) is 0 Å². The Bertz CT molecular complexity index is 2490. The number of benzene rings is 7. The van der Waals surface area contributed by atoms with Crippen molar-refractivity contribution < 1.29 is 0 Å². The lowest BCUT2D eigenvalue weighted by atomic mass is 10.0. The van der Waals surface area contributed by atoms with E-state index in [2.05, 4.69) is 183 Å². The SMILES string of the molecule is C[Si]1(C)c2ccccc2Sc2c(N(c3ccc(-c4cccc5c4Sc4ccccc4S5)cc3)c3cccc4c3Sc3ccccc3[Si]4(C)C)cccc21. The fourth-order valence-electron chi connectivity index (χ4n) is 8.23. The largest absolute Gasteiger partial charge is 0.308 e. The summed E-state index contributed by atoms with van der Waals surface area (Å²) in [6.07, 6.45) is 0. The third-order valence-corrected chi connectivity index (χ3v) is 23.9. The molecule has 7 heteroatoms. The molecule has 3 aliphatic rings. The third kappa shape index (κ3) is 5.46. The molecule has 0 amide bonds. The number of hydrogen-bond acceptors (Lipinski definition) is 5. The Morgan fingerprint density at radius 2 is 0.792 bits per heavy atom. The highest BCUT2D eigenvalue weighted by Crippen LogP contribution is 2.53. The van der Waals surface area contributed by atoms with Gasteiger partial charge >= 0.3 is 0 Å². The summed E-state index contributed by atoms with van der Waals surface area (Å²) in [4.78, 5) is 13.5. The number of hydrogen-bond donors (Lipinski definition) is 0. The van der Waals surface area contributed by atoms with Crippen molar-refractivity contribution in [1.29, 1.82) is 0 Å². The zero-order valence-corrected chi connectivity index (χ0v) is 35.3. The molecular weight excluding hydrogens is 751 g/mol. The van der Waals surface area contributed by atoms with Crippen LogP contribution in [0.3, 0.4) is 0 Å². The van der Waals surface area contributed by atoms with Gasteiger partial charge in [0.05, 0.1) is 11.4 Å². The van der Waals surface area contributed by atoms with Crippen molar-refractivity contribution >= 4 is 101 Å². The normalized spacial score (nSPS) is 15.5. The monoisotopic (exact) mass is 787 g/mol. The van der Waals surface area contributed by atoms with Crippen molar-refractivity contribution in [3.8, 4) is 11.1 Å². The summed E-state index contributed by atoms with van der Waals surface area (Å²) in [7, 11) is -3.90. The van der Waals surface area contributed by atoms with Crippen LogP contribution in [-0.4, -0.2) is 16.1 Å². The van der Waals surface area contributed by atoms with Crippen molar-refractivity contribution in [2.75, 3.05) is 4.90 Å². The molecular formula is C46H37NS4Si2. The Labute approximate surface area is 331 Å². The van der Waals surface area contributed by atoms with Gasteiger partial charge in [0.1, 0.15) is 16.1 Å². The summed E-state index contributed by atoms with van der Waals surface area (Å²) in [5.41, 5.74) is 6.26. The smallest absolute Gasteiger partial charge is 0.115 e. The van der Waals surface area contributed by atoms with Crippen LogP contribution in [-0.2, 0) is 0 Å². The van der Waals surface area contributed by atoms with Crippen LogP contribution in [0.1, 0.15) is 0 Å². The third-order valence-electron chi connectivity index (χ3n) is 11.1. The Kier molecular flexibility index (Phi) is 8.21. The van der Waals surface area contributed by atoms with E-state index in [1.165, 1.54) is 88.1 Å². The van der Waals surface area contributed by atoms with Crippen LogP contribution < -0.4 is 25.6 Å². The molecule has 53 heavy (non-hydrogen) atoms. The summed E-state index contributed by atoms with van der Waals surface area (Å²) in [6, 6.07) is 57.3. The molecule has 0 aliphatic carbocycles. The van der Waals surface area contributed by atoms with Crippen LogP contribution in [0.15, 0.2) is 191 Å². The van der Waals surface area contributed by atoms with E-state index in [0.29, 0.717) is 0 Å². The molecule has 7 aromatic rings. The number of nitrogens with zero attached hydrogens (tertiary/aromatic N) is 1. The van der Waals surface area contributed by atoms with Gasteiger partial charge in [0.15, 0.2) is 0 Å². The summed E-state index contributed by atoms with van der Waals surface area (Å²) in [6.45, 7) is 10.1. The molecule has 0 saturated heterocycles. The number of rotatable bonds is 4. The van der Waals surface area contributed by atoms with Crippen LogP contribution in [0, 0.1) is 0 Å². The predicted octanol–water partition coefficient (Wildman–Crippen LogP) is 12.0. The van der Waals surface area contributed by atoms with Gasteiger partial charge in [0.25, 0.3) is 0 Å². The fourth-order valence-corrected chi connectivity index (χ4v) is 21.7. The van der Waals surface area contributed by atoms with Gasteiger partial charge in [-0.15, -0.1) is 0 Å². The molecule has 3 aliphatic heterocycles. The second-order valence-corrected chi connectivity index (χ2v) is 27.8. The molecule has 0 fully saturated rings. The van der Waals surface area contributed by atoms with Gasteiger partial charge in [0.2, 0.25) is 0 Å². The quantitative estimate of drug-likeness (QED) is 0.163. The minimum Gasteiger partial charge on any atom is -0.308 e. The van der Waals surface area contributed by atoms with E-state index >= 15 is 0 Å². The Balaban J connectivity index is 1.15. The molecule has 7 aromatic carbocycles. The number of anilines is 3. The molecule has 10 rings (SSSR count). The first kappa shape index (κ1) is 33.7. The van der Waals surface area contributed by atoms with Crippen molar-refractivity contribution in [3.63, 3.8) is 0 Å². The van der Waals surface area contributed by atoms with Crippen molar-refractivity contribution in [3.05, 3.63) is 152 Å². The summed E-state index contributed by atoms with van der Waals surface area (Å²) in [5, 5.41) is 6.10. The van der Waals surface area contributed by atoms with Gasteiger partial charge in [-0.2, -0.15) is 0 Å². The summed E-state index contributed by atoms with van der Waals surface area (Å²) in [5.74, 6) is 0. The second-order valence-electron chi connectivity index (χ2n) is 14.9. The lowest BCUT2D eigenvalue weighted by Gasteiger charge is -2.39. The number of fused-ring (bicyclic) bond motifs is 6. The summed E-state index contributed by atoms with van der Waals surface area (Å²) < 4.78 is 0. The first-order valence-corrected chi connectivity index (χ1v) is 27.4. The Hall–Kier alpha value is -3.83. The van der Waals surface area contributed by atoms with Crippen LogP contribution in [0.2, 0.25) is 26.2 Å².